The lowest BCUT2D eigenvalue weighted by molar-refractivity contribution is 0.542. The average Bonchev–Trinajstić information content (AvgIpc) is 2.15. The Bertz CT molecular complexity index is 445. The maximum atomic E-state index is 7.01. The molecule has 1 unspecified atom stereocenters. The molecule has 1 N–H and O–H groups in total. The van der Waals surface area contributed by atoms with Crippen LogP contribution in [0.1, 0.15) is 0 Å². The van der Waals surface area contributed by atoms with Crippen molar-refractivity contribution in [3.05, 3.63) is 0 Å². The van der Waals surface area contributed by atoms with Gasteiger partial charge in [-0.1, -0.05) is 39.3 Å². The highest BCUT2D eigenvalue weighted by Gasteiger charge is 2.43. The first kappa shape index (κ1) is 25.3. The maximum Gasteiger partial charge on any atom is 0.193 e. The van der Waals surface area contributed by atoms with E-state index in [1.807, 2.05) is 11.8 Å². The van der Waals surface area contributed by atoms with Crippen LogP contribution in [0.2, 0.25) is 78.6 Å². The molecule has 0 aromatic rings. The quantitative estimate of drug-likeness (QED) is 0.251. The van der Waals surface area contributed by atoms with Gasteiger partial charge < -0.3 is 4.21 Å². The molecule has 0 amide bonds. The Balaban J connectivity index is 6.61. The molecule has 0 heterocycles. The SMILES string of the molecule is CSCN([Si](C)(C)C)P(=N[Si](C)(C)C)(N[Si](C)(C)C)O[Si](C)(C)C. The van der Waals surface area contributed by atoms with Gasteiger partial charge in [0.1, 0.15) is 16.5 Å². The molecule has 0 radical (unpaired) electrons. The number of hydrogen-bond donors (Lipinski definition) is 1. The minimum absolute atomic E-state index is 0.999. The zero-order valence-corrected chi connectivity index (χ0v) is 24.1. The average molecular weight is 444 g/mol. The molecule has 10 heteroatoms. The van der Waals surface area contributed by atoms with E-state index in [9.17, 15) is 0 Å². The van der Waals surface area contributed by atoms with Crippen LogP contribution >= 0.6 is 19.3 Å². The van der Waals surface area contributed by atoms with Crippen LogP contribution in [-0.2, 0) is 4.21 Å². The van der Waals surface area contributed by atoms with Crippen molar-refractivity contribution < 1.29 is 4.21 Å². The molecular formula is C14H42N3OPSSi4. The van der Waals surface area contributed by atoms with E-state index in [0.717, 1.165) is 5.88 Å². The summed E-state index contributed by atoms with van der Waals surface area (Å²) in [5.41, 5.74) is 0. The van der Waals surface area contributed by atoms with Crippen LogP contribution < -0.4 is 4.75 Å². The van der Waals surface area contributed by atoms with Gasteiger partial charge in [0.05, 0.1) is 0 Å². The van der Waals surface area contributed by atoms with E-state index in [-0.39, 0.29) is 0 Å². The second-order valence-corrected chi connectivity index (χ2v) is 33.5. The first-order valence-electron chi connectivity index (χ1n) is 8.72. The van der Waals surface area contributed by atoms with Crippen LogP contribution in [0.5, 0.6) is 0 Å². The van der Waals surface area contributed by atoms with Gasteiger partial charge in [-0.3, -0.25) is 13.5 Å². The van der Waals surface area contributed by atoms with E-state index in [1.54, 1.807) is 0 Å². The molecule has 1 atom stereocenters. The molecule has 0 saturated carbocycles. The lowest BCUT2D eigenvalue weighted by Crippen LogP contribution is -2.53. The van der Waals surface area contributed by atoms with Gasteiger partial charge in [0.25, 0.3) is 0 Å². The van der Waals surface area contributed by atoms with Crippen molar-refractivity contribution in [3.63, 3.8) is 0 Å². The molecule has 0 aromatic carbocycles. The van der Waals surface area contributed by atoms with E-state index in [2.05, 4.69) is 93.9 Å². The topological polar surface area (TPSA) is 36.9 Å². The highest BCUT2D eigenvalue weighted by molar-refractivity contribution is 7.98. The monoisotopic (exact) mass is 443 g/mol. The van der Waals surface area contributed by atoms with Crippen LogP contribution in [0.3, 0.4) is 0 Å². The minimum Gasteiger partial charge on any atom is -0.365 e. The summed E-state index contributed by atoms with van der Waals surface area (Å²) in [6.07, 6.45) is 2.19. The van der Waals surface area contributed by atoms with E-state index >= 15 is 0 Å². The Morgan fingerprint density at radius 3 is 1.62 bits per heavy atom. The first-order valence-corrected chi connectivity index (χ1v) is 25.5. The molecule has 4 nitrogen and oxygen atoms in total. The van der Waals surface area contributed by atoms with Crippen molar-refractivity contribution in [2.75, 3.05) is 12.1 Å². The lowest BCUT2D eigenvalue weighted by atomic mass is 11.5. The van der Waals surface area contributed by atoms with Crippen LogP contribution in [0.15, 0.2) is 4.41 Å². The zero-order chi connectivity index (χ0) is 19.6. The van der Waals surface area contributed by atoms with Crippen molar-refractivity contribution >= 4 is 52.4 Å². The molecule has 0 spiro atoms. The van der Waals surface area contributed by atoms with Gasteiger partial charge in [0, 0.05) is 5.88 Å². The largest absolute Gasteiger partial charge is 0.365 e. The molecular weight excluding hydrogens is 402 g/mol. The maximum absolute atomic E-state index is 7.01. The third-order valence-corrected chi connectivity index (χ3v) is 19.3. The Kier molecular flexibility index (Phi) is 9.03. The fourth-order valence-electron chi connectivity index (χ4n) is 2.26. The van der Waals surface area contributed by atoms with Gasteiger partial charge in [0.2, 0.25) is 0 Å². The fraction of sp³-hybridized carbons (Fsp3) is 1.00. The molecule has 0 fully saturated rings. The van der Waals surface area contributed by atoms with Gasteiger partial charge in [0.15, 0.2) is 24.1 Å². The highest BCUT2D eigenvalue weighted by atomic mass is 32.2. The van der Waals surface area contributed by atoms with Gasteiger partial charge in [-0.05, 0) is 45.5 Å². The number of hydrogen-bond acceptors (Lipinski definition) is 3. The summed E-state index contributed by atoms with van der Waals surface area (Å²) in [6, 6.07) is 0. The normalized spacial score (nSPS) is 17.1. The van der Waals surface area contributed by atoms with E-state index in [4.69, 9.17) is 8.62 Å². The van der Waals surface area contributed by atoms with Crippen LogP contribution in [0, 0.1) is 0 Å². The Morgan fingerprint density at radius 1 is 0.917 bits per heavy atom. The molecule has 0 aliphatic rings. The Labute approximate surface area is 160 Å². The molecule has 0 aliphatic carbocycles. The summed E-state index contributed by atoms with van der Waals surface area (Å²) in [5, 5.41) is 0. The number of nitrogens with one attached hydrogen (secondary N) is 1. The molecule has 24 heavy (non-hydrogen) atoms. The van der Waals surface area contributed by atoms with Gasteiger partial charge in [-0.25, -0.2) is 0 Å². The summed E-state index contributed by atoms with van der Waals surface area (Å²) >= 11 is 1.90. The molecule has 0 rings (SSSR count). The van der Waals surface area contributed by atoms with Crippen LogP contribution in [0.25, 0.3) is 0 Å². The summed E-state index contributed by atoms with van der Waals surface area (Å²) in [5.74, 6) is 0.999. The van der Waals surface area contributed by atoms with Gasteiger partial charge in [-0.2, -0.15) is 0 Å². The molecule has 0 aromatic heterocycles. The first-order chi connectivity index (χ1) is 10.3. The third kappa shape index (κ3) is 9.87. The molecule has 0 saturated heterocycles. The predicted octanol–water partition coefficient (Wildman–Crippen LogP) is 6.50. The van der Waals surface area contributed by atoms with E-state index < -0.39 is 40.6 Å². The van der Waals surface area contributed by atoms with Crippen molar-refractivity contribution in [2.24, 2.45) is 4.41 Å². The molecule has 146 valence electrons. The standard InChI is InChI=1S/C14H42N3OPSSi4/c1-20-14-17(23(8,9)10)19(15-21(2,3)4,16-22(5,6)7)18-24(11,12)13/h15H,14H2,1-13H3. The van der Waals surface area contributed by atoms with E-state index in [1.165, 1.54) is 0 Å². The molecule has 0 aliphatic heterocycles. The predicted molar refractivity (Wildman–Crippen MR) is 127 cm³/mol. The second kappa shape index (κ2) is 8.56. The number of nitrogens with zero attached hydrogens (tertiary/aromatic N) is 2. The van der Waals surface area contributed by atoms with E-state index in [0.29, 0.717) is 0 Å². The summed E-state index contributed by atoms with van der Waals surface area (Å²) in [7, 11) is -8.75. The smallest absolute Gasteiger partial charge is 0.193 e. The summed E-state index contributed by atoms with van der Waals surface area (Å²) in [6.45, 7) is 28.3. The van der Waals surface area contributed by atoms with Crippen LogP contribution in [-0.4, -0.2) is 49.5 Å². The summed E-state index contributed by atoms with van der Waals surface area (Å²) in [4.78, 5) is 0. The second-order valence-electron chi connectivity index (χ2n) is 10.4. The number of rotatable bonds is 9. The van der Waals surface area contributed by atoms with Crippen LogP contribution in [0.4, 0.5) is 0 Å². The fourth-order valence-corrected chi connectivity index (χ4v) is 22.8. The van der Waals surface area contributed by atoms with Crippen molar-refractivity contribution in [1.29, 1.82) is 0 Å². The lowest BCUT2D eigenvalue weighted by Gasteiger charge is -2.49. The Hall–Kier alpha value is 1.33. The summed E-state index contributed by atoms with van der Waals surface area (Å²) < 4.78 is 19.3. The van der Waals surface area contributed by atoms with Crippen molar-refractivity contribution in [3.8, 4) is 0 Å². The third-order valence-electron chi connectivity index (χ3n) is 2.67. The van der Waals surface area contributed by atoms with Crippen molar-refractivity contribution in [2.45, 2.75) is 78.6 Å². The molecule has 0 bridgehead atoms. The Morgan fingerprint density at radius 2 is 1.38 bits per heavy atom. The van der Waals surface area contributed by atoms with Crippen molar-refractivity contribution in [1.82, 2.24) is 9.09 Å². The van der Waals surface area contributed by atoms with Gasteiger partial charge in [-0.15, -0.1) is 11.8 Å². The number of thioether (sulfide) groups is 1. The minimum atomic E-state index is -2.17. The highest BCUT2D eigenvalue weighted by Crippen LogP contribution is 2.57. The van der Waals surface area contributed by atoms with Gasteiger partial charge >= 0.3 is 0 Å². The zero-order valence-electron chi connectivity index (χ0n) is 18.4.